The number of amides is 1. The molecule has 2 unspecified atom stereocenters. The number of methoxy groups -OCH3 is 1. The van der Waals surface area contributed by atoms with Gasteiger partial charge in [-0.05, 0) is 43.7 Å². The van der Waals surface area contributed by atoms with Crippen LogP contribution in [0, 0.1) is 16.0 Å². The molecule has 0 fully saturated rings. The first-order valence-electron chi connectivity index (χ1n) is 9.98. The van der Waals surface area contributed by atoms with Gasteiger partial charge in [-0.15, -0.1) is 0 Å². The number of rotatable bonds is 5. The monoisotopic (exact) mass is 531 g/mol. The van der Waals surface area contributed by atoms with Crippen molar-refractivity contribution in [2.75, 3.05) is 13.7 Å². The first-order valence-corrected chi connectivity index (χ1v) is 9.98. The van der Waals surface area contributed by atoms with E-state index >= 15 is 0 Å². The summed E-state index contributed by atoms with van der Waals surface area (Å²) in [5.41, 5.74) is -0.0159. The Morgan fingerprint density at radius 1 is 1.25 bits per heavy atom. The van der Waals surface area contributed by atoms with Crippen LogP contribution < -0.4 is 5.32 Å². The summed E-state index contributed by atoms with van der Waals surface area (Å²) in [5, 5.41) is 29.3. The number of benzene rings is 1. The minimum absolute atomic E-state index is 0. The number of phenols is 1. The van der Waals surface area contributed by atoms with Crippen LogP contribution in [0.25, 0.3) is 0 Å². The zero-order valence-corrected chi connectivity index (χ0v) is 21.9. The van der Waals surface area contributed by atoms with Gasteiger partial charge in [-0.25, -0.2) is 4.89 Å². The minimum atomic E-state index is -0.514. The second-order valence-corrected chi connectivity index (χ2v) is 6.18. The predicted octanol–water partition coefficient (Wildman–Crippen LogP) is 3.84. The second kappa shape index (κ2) is 23.8. The first-order chi connectivity index (χ1) is 14.8. The maximum Gasteiger partial charge on any atom is 0.325 e. The van der Waals surface area contributed by atoms with Gasteiger partial charge in [0.2, 0.25) is 6.41 Å². The van der Waals surface area contributed by atoms with Crippen molar-refractivity contribution >= 4 is 18.1 Å². The normalized spacial score (nSPS) is 17.3. The molecule has 0 saturated heterocycles. The van der Waals surface area contributed by atoms with Gasteiger partial charge in [0.15, 0.2) is 0 Å². The summed E-state index contributed by atoms with van der Waals surface area (Å²) < 4.78 is 4.19. The molecule has 0 spiro atoms. The molecule has 179 valence electrons. The molecule has 1 amide bonds. The van der Waals surface area contributed by atoms with Gasteiger partial charge in [-0.2, -0.15) is 0 Å². The number of esters is 1. The van der Waals surface area contributed by atoms with Crippen LogP contribution in [0.5, 0.6) is 5.75 Å². The summed E-state index contributed by atoms with van der Waals surface area (Å²) in [4.78, 5) is 33.4. The van der Waals surface area contributed by atoms with Crippen molar-refractivity contribution in [1.29, 1.82) is 0 Å². The van der Waals surface area contributed by atoms with Crippen molar-refractivity contribution in [3.05, 3.63) is 46.5 Å². The Hall–Kier alpha value is -1.88. The number of phenolic OH excluding ortho intramolecular Hbond substituents is 1. The molecule has 2 rings (SSSR count). The predicted molar refractivity (Wildman–Crippen MR) is 116 cm³/mol. The number of carbonyl (C=O) groups is 2. The summed E-state index contributed by atoms with van der Waals surface area (Å²) in [6.07, 6.45) is 8.87. The first kappa shape index (κ1) is 34.7. The zero-order valence-electron chi connectivity index (χ0n) is 19.1. The van der Waals surface area contributed by atoms with E-state index in [1.807, 2.05) is 19.9 Å². The van der Waals surface area contributed by atoms with Gasteiger partial charge >= 0.3 is 5.97 Å². The number of carbonyl (C=O) groups excluding carboxylic acids is 2. The Kier molecular flexibility index (Phi) is 25.8. The third-order valence-corrected chi connectivity index (χ3v) is 3.87. The molecule has 1 aromatic carbocycles. The molecule has 0 heterocycles. The minimum Gasteiger partial charge on any atom is -0.508 e. The van der Waals surface area contributed by atoms with Crippen LogP contribution in [-0.2, 0) is 51.9 Å². The van der Waals surface area contributed by atoms with Crippen LogP contribution in [-0.4, -0.2) is 47.4 Å². The number of hydrogen-bond acceptors (Lipinski definition) is 8. The molecular formula is C21H34N2O8Y. The van der Waals surface area contributed by atoms with E-state index in [9.17, 15) is 19.7 Å². The molecule has 0 aliphatic heterocycles. The fourth-order valence-electron chi connectivity index (χ4n) is 2.18. The molecule has 32 heavy (non-hydrogen) atoms. The van der Waals surface area contributed by atoms with E-state index in [0.29, 0.717) is 6.41 Å². The van der Waals surface area contributed by atoms with Gasteiger partial charge in [0.25, 0.3) is 5.69 Å². The quantitative estimate of drug-likeness (QED) is 0.130. The van der Waals surface area contributed by atoms with Crippen LogP contribution >= 0.6 is 0 Å². The van der Waals surface area contributed by atoms with Gasteiger partial charge in [0, 0.05) is 44.8 Å². The standard InChI is InChI=1S/C9H16O2.C6H5NO3.C4H7NO3.C2H6.Y/c1-8-4-2-3-5-9(11-10)7-6-8;8-6-3-1-5(2-4-6)7(9)10;1-8-4(7)2-5-3-6;1-2;/h3,5,8-10H,2,4,6-7H2,1H3;1-4,8H;3H,2H2,1H3,(H,5,6);1-2H3;/b5-3+;;;;. The third kappa shape index (κ3) is 20.1. The van der Waals surface area contributed by atoms with Crippen molar-refractivity contribution in [3.63, 3.8) is 0 Å². The fraction of sp³-hybridized carbons (Fsp3) is 0.524. The molecule has 10 nitrogen and oxygen atoms in total. The number of ether oxygens (including phenoxy) is 1. The van der Waals surface area contributed by atoms with E-state index in [2.05, 4.69) is 27.9 Å². The average molecular weight is 531 g/mol. The van der Waals surface area contributed by atoms with Crippen molar-refractivity contribution in [1.82, 2.24) is 5.32 Å². The Labute approximate surface area is 214 Å². The van der Waals surface area contributed by atoms with Crippen LogP contribution in [0.1, 0.15) is 46.5 Å². The summed E-state index contributed by atoms with van der Waals surface area (Å²) >= 11 is 0. The zero-order chi connectivity index (χ0) is 24.1. The SMILES string of the molecule is CC.CC1CC/C=C/C(OO)CC1.COC(=O)CNC=O.O=[N+]([O-])c1ccc(O)cc1.[Y]. The number of nitro groups is 1. The topological polar surface area (TPSA) is 148 Å². The number of non-ortho nitro benzene ring substituents is 1. The van der Waals surface area contributed by atoms with Gasteiger partial charge < -0.3 is 15.2 Å². The van der Waals surface area contributed by atoms with Crippen LogP contribution in [0.2, 0.25) is 0 Å². The van der Waals surface area contributed by atoms with Crippen molar-refractivity contribution < 1.29 is 67.2 Å². The molecule has 2 atom stereocenters. The Balaban J connectivity index is -0.000000378. The molecule has 3 N–H and O–H groups in total. The number of nitro benzene ring substituents is 1. The fourth-order valence-corrected chi connectivity index (χ4v) is 2.18. The molecule has 0 aromatic heterocycles. The average Bonchev–Trinajstić information content (AvgIpc) is 2.77. The van der Waals surface area contributed by atoms with Crippen LogP contribution in [0.15, 0.2) is 36.4 Å². The van der Waals surface area contributed by atoms with Crippen molar-refractivity contribution in [2.45, 2.75) is 52.6 Å². The molecule has 0 saturated carbocycles. The number of nitrogens with one attached hydrogen (secondary N) is 1. The maximum absolute atomic E-state index is 10.1. The van der Waals surface area contributed by atoms with E-state index in [0.717, 1.165) is 25.2 Å². The van der Waals surface area contributed by atoms with Crippen molar-refractivity contribution in [2.24, 2.45) is 5.92 Å². The van der Waals surface area contributed by atoms with E-state index in [-0.39, 0.29) is 56.8 Å². The molecule has 1 radical (unpaired) electrons. The van der Waals surface area contributed by atoms with E-state index in [4.69, 9.17) is 10.4 Å². The number of allylic oxidation sites excluding steroid dienone is 1. The van der Waals surface area contributed by atoms with Gasteiger partial charge in [0.1, 0.15) is 18.4 Å². The maximum atomic E-state index is 10.1. The van der Waals surface area contributed by atoms with Gasteiger partial charge in [-0.1, -0.05) is 32.9 Å². The van der Waals surface area contributed by atoms with Gasteiger partial charge in [-0.3, -0.25) is 25.0 Å². The second-order valence-electron chi connectivity index (χ2n) is 6.18. The summed E-state index contributed by atoms with van der Waals surface area (Å²) in [6.45, 7) is 6.19. The summed E-state index contributed by atoms with van der Waals surface area (Å²) in [5.74, 6) is 0.348. The molecule has 1 aliphatic carbocycles. The van der Waals surface area contributed by atoms with Gasteiger partial charge in [0.05, 0.1) is 12.0 Å². The Morgan fingerprint density at radius 2 is 1.84 bits per heavy atom. The molecule has 1 aromatic rings. The Morgan fingerprint density at radius 3 is 2.31 bits per heavy atom. The summed E-state index contributed by atoms with van der Waals surface area (Å²) in [7, 11) is 1.26. The van der Waals surface area contributed by atoms with E-state index in [1.165, 1.54) is 37.8 Å². The smallest absolute Gasteiger partial charge is 0.325 e. The number of aromatic hydroxyl groups is 1. The molecule has 0 bridgehead atoms. The molecule has 11 heteroatoms. The number of hydrogen-bond donors (Lipinski definition) is 3. The Bertz CT molecular complexity index is 641. The van der Waals surface area contributed by atoms with Crippen LogP contribution in [0.3, 0.4) is 0 Å². The molecule has 1 aliphatic rings. The summed E-state index contributed by atoms with van der Waals surface area (Å²) in [6, 6.07) is 5.04. The largest absolute Gasteiger partial charge is 0.508 e. The van der Waals surface area contributed by atoms with E-state index < -0.39 is 10.9 Å². The number of nitrogens with zero attached hydrogens (tertiary/aromatic N) is 1. The van der Waals surface area contributed by atoms with E-state index in [1.54, 1.807) is 0 Å². The third-order valence-electron chi connectivity index (χ3n) is 3.87. The molecular weight excluding hydrogens is 497 g/mol. The van der Waals surface area contributed by atoms with Crippen molar-refractivity contribution in [3.8, 4) is 5.75 Å². The van der Waals surface area contributed by atoms with Crippen LogP contribution in [0.4, 0.5) is 5.69 Å².